The van der Waals surface area contributed by atoms with Crippen molar-refractivity contribution in [3.05, 3.63) is 29.8 Å². The maximum atomic E-state index is 5.81. The van der Waals surface area contributed by atoms with Crippen LogP contribution in [-0.2, 0) is 4.74 Å². The first-order valence-electron chi connectivity index (χ1n) is 7.51. The molecule has 104 valence electrons. The molecule has 2 unspecified atom stereocenters. The number of anilines is 1. The van der Waals surface area contributed by atoms with E-state index in [2.05, 4.69) is 41.5 Å². The van der Waals surface area contributed by atoms with Gasteiger partial charge in [-0.2, -0.15) is 0 Å². The number of ether oxygens (including phenoxy) is 1. The summed E-state index contributed by atoms with van der Waals surface area (Å²) in [6.07, 6.45) is 5.33. The Hall–Kier alpha value is -1.06. The van der Waals surface area contributed by atoms with E-state index in [0.717, 1.165) is 19.7 Å². The quantitative estimate of drug-likeness (QED) is 0.904. The second-order valence-corrected chi connectivity index (χ2v) is 5.62. The molecule has 1 N–H and O–H groups in total. The van der Waals surface area contributed by atoms with Gasteiger partial charge in [0.05, 0.1) is 6.10 Å². The molecule has 3 nitrogen and oxygen atoms in total. The maximum absolute atomic E-state index is 5.81. The molecule has 1 fully saturated rings. The molecule has 2 heterocycles. The van der Waals surface area contributed by atoms with Crippen LogP contribution in [0.5, 0.6) is 0 Å². The summed E-state index contributed by atoms with van der Waals surface area (Å²) in [7, 11) is 2.07. The summed E-state index contributed by atoms with van der Waals surface area (Å²) < 4.78 is 5.81. The van der Waals surface area contributed by atoms with Gasteiger partial charge < -0.3 is 15.0 Å². The highest BCUT2D eigenvalue weighted by atomic mass is 16.5. The van der Waals surface area contributed by atoms with E-state index < -0.39 is 0 Å². The molecule has 0 radical (unpaired) electrons. The van der Waals surface area contributed by atoms with Crippen molar-refractivity contribution in [1.29, 1.82) is 0 Å². The van der Waals surface area contributed by atoms with Crippen molar-refractivity contribution in [3.63, 3.8) is 0 Å². The second kappa shape index (κ2) is 5.93. The Kier molecular flexibility index (Phi) is 4.04. The smallest absolute Gasteiger partial charge is 0.0750 e. The van der Waals surface area contributed by atoms with Crippen LogP contribution in [0.4, 0.5) is 5.69 Å². The maximum Gasteiger partial charge on any atom is 0.0750 e. The van der Waals surface area contributed by atoms with Gasteiger partial charge >= 0.3 is 0 Å². The highest BCUT2D eigenvalue weighted by molar-refractivity contribution is 5.56. The van der Waals surface area contributed by atoms with Crippen molar-refractivity contribution in [2.75, 3.05) is 31.6 Å². The molecule has 3 rings (SSSR count). The Morgan fingerprint density at radius 2 is 2.16 bits per heavy atom. The molecule has 0 saturated carbocycles. The molecule has 2 atom stereocenters. The first-order chi connectivity index (χ1) is 9.38. The Bertz CT molecular complexity index is 415. The van der Waals surface area contributed by atoms with Crippen molar-refractivity contribution in [1.82, 2.24) is 5.32 Å². The number of nitrogens with one attached hydrogen (secondary N) is 1. The molecule has 0 amide bonds. The number of benzene rings is 1. The lowest BCUT2D eigenvalue weighted by Crippen LogP contribution is -2.33. The number of para-hydroxylation sites is 1. The van der Waals surface area contributed by atoms with E-state index in [0.29, 0.717) is 12.1 Å². The normalized spacial score (nSPS) is 27.1. The van der Waals surface area contributed by atoms with E-state index in [1.54, 1.807) is 0 Å². The lowest BCUT2D eigenvalue weighted by molar-refractivity contribution is 0.115. The Morgan fingerprint density at radius 3 is 2.95 bits per heavy atom. The number of nitrogens with zero attached hydrogens (tertiary/aromatic N) is 1. The lowest BCUT2D eigenvalue weighted by atomic mass is 10.0. The van der Waals surface area contributed by atoms with Gasteiger partial charge in [-0.15, -0.1) is 0 Å². The van der Waals surface area contributed by atoms with Crippen molar-refractivity contribution in [2.45, 2.75) is 37.8 Å². The monoisotopic (exact) mass is 260 g/mol. The predicted molar refractivity (Wildman–Crippen MR) is 78.7 cm³/mol. The van der Waals surface area contributed by atoms with Crippen LogP contribution >= 0.6 is 0 Å². The fraction of sp³-hybridized carbons (Fsp3) is 0.625. The number of fused-ring (bicyclic) bond motifs is 1. The third-order valence-corrected chi connectivity index (χ3v) is 4.37. The van der Waals surface area contributed by atoms with Gasteiger partial charge in [0.1, 0.15) is 0 Å². The third kappa shape index (κ3) is 2.77. The molecule has 1 aromatic carbocycles. The van der Waals surface area contributed by atoms with E-state index in [1.807, 2.05) is 0 Å². The zero-order valence-corrected chi connectivity index (χ0v) is 11.8. The van der Waals surface area contributed by atoms with Gasteiger partial charge in [-0.05, 0) is 44.4 Å². The summed E-state index contributed by atoms with van der Waals surface area (Å²) in [5.41, 5.74) is 2.84. The van der Waals surface area contributed by atoms with Gasteiger partial charge in [0.15, 0.2) is 0 Å². The van der Waals surface area contributed by atoms with Crippen LogP contribution in [0, 0.1) is 0 Å². The summed E-state index contributed by atoms with van der Waals surface area (Å²) in [4.78, 5) is 2.53. The minimum atomic E-state index is 0.430. The second-order valence-electron chi connectivity index (χ2n) is 5.62. The van der Waals surface area contributed by atoms with Gasteiger partial charge in [-0.25, -0.2) is 0 Å². The fourth-order valence-corrected chi connectivity index (χ4v) is 3.36. The van der Waals surface area contributed by atoms with Crippen molar-refractivity contribution in [3.8, 4) is 0 Å². The third-order valence-electron chi connectivity index (χ3n) is 4.37. The molecule has 0 aliphatic carbocycles. The molecular weight excluding hydrogens is 236 g/mol. The highest BCUT2D eigenvalue weighted by Crippen LogP contribution is 2.33. The number of hydrogen-bond donors (Lipinski definition) is 1. The van der Waals surface area contributed by atoms with Crippen LogP contribution in [0.15, 0.2) is 24.3 Å². The first-order valence-corrected chi connectivity index (χ1v) is 7.51. The molecule has 1 aromatic rings. The van der Waals surface area contributed by atoms with Crippen LogP contribution in [0.3, 0.4) is 0 Å². The van der Waals surface area contributed by atoms with E-state index in [1.165, 1.54) is 36.9 Å². The van der Waals surface area contributed by atoms with E-state index >= 15 is 0 Å². The Balaban J connectivity index is 1.83. The molecule has 0 spiro atoms. The van der Waals surface area contributed by atoms with Crippen LogP contribution in [0.1, 0.15) is 37.3 Å². The fourth-order valence-electron chi connectivity index (χ4n) is 3.36. The Morgan fingerprint density at radius 1 is 1.26 bits per heavy atom. The molecule has 0 bridgehead atoms. The van der Waals surface area contributed by atoms with Crippen LogP contribution in [-0.4, -0.2) is 32.8 Å². The summed E-state index contributed by atoms with van der Waals surface area (Å²) in [6.45, 7) is 3.14. The van der Waals surface area contributed by atoms with Gasteiger partial charge in [0, 0.05) is 31.4 Å². The summed E-state index contributed by atoms with van der Waals surface area (Å²) >= 11 is 0. The van der Waals surface area contributed by atoms with Crippen molar-refractivity contribution in [2.24, 2.45) is 0 Å². The van der Waals surface area contributed by atoms with E-state index in [9.17, 15) is 0 Å². The Labute approximate surface area is 115 Å². The average molecular weight is 260 g/mol. The van der Waals surface area contributed by atoms with Gasteiger partial charge in [0.25, 0.3) is 0 Å². The number of rotatable bonds is 3. The molecule has 2 aliphatic rings. The molecule has 1 saturated heterocycles. The highest BCUT2D eigenvalue weighted by Gasteiger charge is 2.25. The lowest BCUT2D eigenvalue weighted by Gasteiger charge is -2.28. The van der Waals surface area contributed by atoms with Crippen LogP contribution in [0.25, 0.3) is 0 Å². The summed E-state index contributed by atoms with van der Waals surface area (Å²) in [6, 6.07) is 9.33. The molecule has 19 heavy (non-hydrogen) atoms. The van der Waals surface area contributed by atoms with Gasteiger partial charge in [0.2, 0.25) is 0 Å². The molecule has 3 heteroatoms. The van der Waals surface area contributed by atoms with Crippen molar-refractivity contribution >= 4 is 5.69 Å². The topological polar surface area (TPSA) is 24.5 Å². The van der Waals surface area contributed by atoms with E-state index in [-0.39, 0.29) is 0 Å². The molecular formula is C16H24N2O. The van der Waals surface area contributed by atoms with Crippen LogP contribution in [0.2, 0.25) is 0 Å². The predicted octanol–water partition coefficient (Wildman–Crippen LogP) is 2.73. The first kappa shape index (κ1) is 12.9. The minimum Gasteiger partial charge on any atom is -0.376 e. The SMILES string of the molecule is CNC1CCCN(CC2CCCO2)c2ccccc21. The summed E-state index contributed by atoms with van der Waals surface area (Å²) in [5, 5.41) is 3.46. The minimum absolute atomic E-state index is 0.430. The zero-order chi connectivity index (χ0) is 13.1. The molecule has 0 aromatic heterocycles. The number of hydrogen-bond acceptors (Lipinski definition) is 3. The largest absolute Gasteiger partial charge is 0.376 e. The summed E-state index contributed by atoms with van der Waals surface area (Å²) in [5.74, 6) is 0. The van der Waals surface area contributed by atoms with Gasteiger partial charge in [-0.1, -0.05) is 18.2 Å². The molecule has 2 aliphatic heterocycles. The zero-order valence-electron chi connectivity index (χ0n) is 11.8. The average Bonchev–Trinajstić information content (AvgIpc) is 2.89. The van der Waals surface area contributed by atoms with Crippen LogP contribution < -0.4 is 10.2 Å². The van der Waals surface area contributed by atoms with Gasteiger partial charge in [-0.3, -0.25) is 0 Å². The van der Waals surface area contributed by atoms with Crippen molar-refractivity contribution < 1.29 is 4.74 Å². The van der Waals surface area contributed by atoms with E-state index in [4.69, 9.17) is 4.74 Å². The standard InChI is InChI=1S/C16H24N2O/c1-17-15-8-4-10-18(12-13-6-5-11-19-13)16-9-3-2-7-14(15)16/h2-3,7,9,13,15,17H,4-6,8,10-12H2,1H3.